The molecule has 5 aromatic rings. The SMILES string of the molecule is CCC(C)C(C(=O)NNC(=O)c1ccc([N+](=O)[O-])cc1)N1C(=O)c2ccccc2C1c1c(-c2ccccc2)[nH]c2ccccc12. The van der Waals surface area contributed by atoms with Gasteiger partial charge in [-0.3, -0.25) is 35.3 Å². The fourth-order valence-corrected chi connectivity index (χ4v) is 6.08. The zero-order valence-electron chi connectivity index (χ0n) is 24.7. The van der Waals surface area contributed by atoms with Gasteiger partial charge in [-0.2, -0.15) is 0 Å². The Morgan fingerprint density at radius 3 is 2.29 bits per heavy atom. The summed E-state index contributed by atoms with van der Waals surface area (Å²) in [6.07, 6.45) is 0.584. The first-order valence-corrected chi connectivity index (χ1v) is 14.7. The van der Waals surface area contributed by atoms with E-state index < -0.39 is 28.8 Å². The lowest BCUT2D eigenvalue weighted by molar-refractivity contribution is -0.384. The van der Waals surface area contributed by atoms with Gasteiger partial charge < -0.3 is 9.88 Å². The molecule has 45 heavy (non-hydrogen) atoms. The first-order valence-electron chi connectivity index (χ1n) is 14.7. The molecule has 4 aromatic carbocycles. The minimum atomic E-state index is -0.950. The lowest BCUT2D eigenvalue weighted by atomic mass is 9.90. The standard InChI is InChI=1S/C35H31N5O5/c1-3-21(2)31(34(42)38-37-33(41)23-17-19-24(20-18-23)40(44)45)39-32(25-13-7-8-14-26(25)35(39)43)29-27-15-9-10-16-28(27)36-30(29)22-11-5-4-6-12-22/h4-21,31-32,36H,3H2,1-2H3,(H,37,41)(H,38,42). The predicted molar refractivity (Wildman–Crippen MR) is 170 cm³/mol. The molecule has 10 heteroatoms. The summed E-state index contributed by atoms with van der Waals surface area (Å²) >= 11 is 0. The van der Waals surface area contributed by atoms with Gasteiger partial charge in [-0.15, -0.1) is 0 Å². The Morgan fingerprint density at radius 1 is 0.911 bits per heavy atom. The Kier molecular flexibility index (Phi) is 7.87. The van der Waals surface area contributed by atoms with Crippen LogP contribution >= 0.6 is 0 Å². The Balaban J connectivity index is 1.42. The first-order chi connectivity index (χ1) is 21.8. The number of nitro groups is 1. The monoisotopic (exact) mass is 601 g/mol. The number of hydrazine groups is 1. The van der Waals surface area contributed by atoms with E-state index in [2.05, 4.69) is 15.8 Å². The molecule has 0 saturated carbocycles. The zero-order chi connectivity index (χ0) is 31.7. The summed E-state index contributed by atoms with van der Waals surface area (Å²) in [5.41, 5.74) is 9.84. The molecule has 1 aliphatic rings. The number of aromatic nitrogens is 1. The van der Waals surface area contributed by atoms with Gasteiger partial charge in [-0.25, -0.2) is 0 Å². The van der Waals surface area contributed by atoms with Crippen LogP contribution in [0.15, 0.2) is 103 Å². The van der Waals surface area contributed by atoms with Crippen LogP contribution in [-0.4, -0.2) is 38.6 Å². The van der Waals surface area contributed by atoms with Crippen molar-refractivity contribution in [1.82, 2.24) is 20.7 Å². The van der Waals surface area contributed by atoms with E-state index in [9.17, 15) is 24.5 Å². The quantitative estimate of drug-likeness (QED) is 0.144. The topological polar surface area (TPSA) is 137 Å². The van der Waals surface area contributed by atoms with Crippen LogP contribution in [0.1, 0.15) is 58.2 Å². The normalized spacial score (nSPS) is 15.4. The average molecular weight is 602 g/mol. The first kappa shape index (κ1) is 29.3. The van der Waals surface area contributed by atoms with Crippen LogP contribution in [-0.2, 0) is 4.79 Å². The Hall–Kier alpha value is -5.77. The number of nitrogens with one attached hydrogen (secondary N) is 3. The van der Waals surface area contributed by atoms with Crippen molar-refractivity contribution in [2.45, 2.75) is 32.4 Å². The van der Waals surface area contributed by atoms with Gasteiger partial charge in [-0.1, -0.05) is 87.0 Å². The van der Waals surface area contributed by atoms with E-state index >= 15 is 0 Å². The van der Waals surface area contributed by atoms with Gasteiger partial charge in [0.05, 0.1) is 16.7 Å². The highest BCUT2D eigenvalue weighted by molar-refractivity contribution is 6.05. The van der Waals surface area contributed by atoms with Gasteiger partial charge in [0, 0.05) is 39.7 Å². The van der Waals surface area contributed by atoms with E-state index in [1.807, 2.05) is 86.6 Å². The number of hydrogen-bond acceptors (Lipinski definition) is 5. The van der Waals surface area contributed by atoms with Crippen molar-refractivity contribution < 1.29 is 19.3 Å². The molecule has 2 heterocycles. The molecule has 226 valence electrons. The maximum atomic E-state index is 14.3. The number of H-pyrrole nitrogens is 1. The molecule has 3 unspecified atom stereocenters. The summed E-state index contributed by atoms with van der Waals surface area (Å²) in [5, 5.41) is 11.9. The average Bonchev–Trinajstić information content (AvgIpc) is 3.59. The van der Waals surface area contributed by atoms with E-state index in [-0.39, 0.29) is 23.1 Å². The van der Waals surface area contributed by atoms with Crippen molar-refractivity contribution in [1.29, 1.82) is 0 Å². The summed E-state index contributed by atoms with van der Waals surface area (Å²) in [6, 6.07) is 28.7. The van der Waals surface area contributed by atoms with E-state index in [4.69, 9.17) is 0 Å². The highest BCUT2D eigenvalue weighted by atomic mass is 16.6. The molecule has 3 amide bonds. The Bertz CT molecular complexity index is 1920. The number of carbonyl (C=O) groups excluding carboxylic acids is 3. The summed E-state index contributed by atoms with van der Waals surface area (Å²) in [6.45, 7) is 3.85. The second kappa shape index (κ2) is 12.1. The molecular weight excluding hydrogens is 570 g/mol. The number of hydrogen-bond donors (Lipinski definition) is 3. The molecule has 0 spiro atoms. The lowest BCUT2D eigenvalue weighted by Crippen LogP contribution is -2.55. The second-order valence-corrected chi connectivity index (χ2v) is 11.1. The molecule has 3 atom stereocenters. The number of fused-ring (bicyclic) bond motifs is 2. The number of nitrogens with zero attached hydrogens (tertiary/aromatic N) is 2. The Labute approximate surface area is 259 Å². The summed E-state index contributed by atoms with van der Waals surface area (Å²) in [5.74, 6) is -1.75. The highest BCUT2D eigenvalue weighted by Gasteiger charge is 2.47. The number of amides is 3. The van der Waals surface area contributed by atoms with Crippen molar-refractivity contribution in [2.75, 3.05) is 0 Å². The minimum Gasteiger partial charge on any atom is -0.354 e. The molecule has 0 radical (unpaired) electrons. The van der Waals surface area contributed by atoms with E-state index in [0.29, 0.717) is 12.0 Å². The van der Waals surface area contributed by atoms with Crippen molar-refractivity contribution in [2.24, 2.45) is 5.92 Å². The largest absolute Gasteiger partial charge is 0.354 e. The summed E-state index contributed by atoms with van der Waals surface area (Å²) in [7, 11) is 0. The van der Waals surface area contributed by atoms with E-state index in [0.717, 1.165) is 33.3 Å². The number of para-hydroxylation sites is 1. The third kappa shape index (κ3) is 5.31. The summed E-state index contributed by atoms with van der Waals surface area (Å²) in [4.78, 5) is 56.8. The van der Waals surface area contributed by atoms with Crippen LogP contribution in [0.4, 0.5) is 5.69 Å². The second-order valence-electron chi connectivity index (χ2n) is 11.1. The van der Waals surface area contributed by atoms with E-state index in [1.165, 1.54) is 24.3 Å². The predicted octanol–water partition coefficient (Wildman–Crippen LogP) is 6.16. The van der Waals surface area contributed by atoms with Crippen molar-refractivity contribution in [3.05, 3.63) is 135 Å². The van der Waals surface area contributed by atoms with Crippen LogP contribution in [0, 0.1) is 16.0 Å². The molecule has 1 aliphatic heterocycles. The van der Waals surface area contributed by atoms with Crippen LogP contribution in [0.3, 0.4) is 0 Å². The number of carbonyl (C=O) groups is 3. The lowest BCUT2D eigenvalue weighted by Gasteiger charge is -2.36. The van der Waals surface area contributed by atoms with Gasteiger partial charge in [0.15, 0.2) is 0 Å². The third-order valence-electron chi connectivity index (χ3n) is 8.47. The van der Waals surface area contributed by atoms with Crippen LogP contribution < -0.4 is 10.9 Å². The fourth-order valence-electron chi connectivity index (χ4n) is 6.08. The van der Waals surface area contributed by atoms with Crippen molar-refractivity contribution in [3.63, 3.8) is 0 Å². The van der Waals surface area contributed by atoms with Crippen molar-refractivity contribution >= 4 is 34.3 Å². The molecule has 1 aromatic heterocycles. The highest BCUT2D eigenvalue weighted by Crippen LogP contribution is 2.47. The van der Waals surface area contributed by atoms with Gasteiger partial charge in [0.1, 0.15) is 6.04 Å². The number of nitro benzene ring substituents is 1. The minimum absolute atomic E-state index is 0.134. The Morgan fingerprint density at radius 2 is 1.58 bits per heavy atom. The van der Waals surface area contributed by atoms with Crippen LogP contribution in [0.5, 0.6) is 0 Å². The summed E-state index contributed by atoms with van der Waals surface area (Å²) < 4.78 is 0. The number of rotatable bonds is 8. The van der Waals surface area contributed by atoms with Crippen molar-refractivity contribution in [3.8, 4) is 11.3 Å². The van der Waals surface area contributed by atoms with Gasteiger partial charge in [-0.05, 0) is 41.3 Å². The molecule has 0 fully saturated rings. The molecular formula is C35H31N5O5. The maximum Gasteiger partial charge on any atom is 0.269 e. The molecule has 0 bridgehead atoms. The maximum absolute atomic E-state index is 14.3. The number of aromatic amines is 1. The fraction of sp³-hybridized carbons (Fsp3) is 0.171. The molecule has 0 aliphatic carbocycles. The van der Waals surface area contributed by atoms with Crippen LogP contribution in [0.25, 0.3) is 22.2 Å². The third-order valence-corrected chi connectivity index (χ3v) is 8.47. The van der Waals surface area contributed by atoms with Crippen LogP contribution in [0.2, 0.25) is 0 Å². The van der Waals surface area contributed by atoms with Gasteiger partial charge >= 0.3 is 0 Å². The smallest absolute Gasteiger partial charge is 0.269 e. The molecule has 0 saturated heterocycles. The molecule has 6 rings (SSSR count). The van der Waals surface area contributed by atoms with E-state index in [1.54, 1.807) is 11.0 Å². The van der Waals surface area contributed by atoms with Gasteiger partial charge in [0.2, 0.25) is 0 Å². The number of benzene rings is 4. The zero-order valence-corrected chi connectivity index (χ0v) is 24.7. The van der Waals surface area contributed by atoms with Gasteiger partial charge in [0.25, 0.3) is 23.4 Å². The number of non-ortho nitro benzene ring substituents is 1. The molecule has 10 nitrogen and oxygen atoms in total. The molecule has 3 N–H and O–H groups in total.